The van der Waals surface area contributed by atoms with Gasteiger partial charge in [0.05, 0.1) is 4.83 Å². The summed E-state index contributed by atoms with van der Waals surface area (Å²) in [4.78, 5) is 9.65. The highest BCUT2D eigenvalue weighted by Crippen LogP contribution is 2.23. The average molecular weight is 295 g/mol. The van der Waals surface area contributed by atoms with Gasteiger partial charge in [0.2, 0.25) is 5.78 Å². The lowest BCUT2D eigenvalue weighted by Crippen LogP contribution is -2.32. The van der Waals surface area contributed by atoms with E-state index in [2.05, 4.69) is 15.9 Å². The zero-order valence-corrected chi connectivity index (χ0v) is 10.1. The third-order valence-corrected chi connectivity index (χ3v) is 2.84. The number of rotatable bonds is 3. The van der Waals surface area contributed by atoms with Crippen LogP contribution in [0.15, 0.2) is 24.3 Å². The highest BCUT2D eigenvalue weighted by Gasteiger charge is 2.42. The van der Waals surface area contributed by atoms with Crippen molar-refractivity contribution in [1.29, 1.82) is 0 Å². The van der Waals surface area contributed by atoms with Crippen LogP contribution >= 0.6 is 15.9 Å². The highest BCUT2D eigenvalue weighted by molar-refractivity contribution is 9.10. The van der Waals surface area contributed by atoms with E-state index in [-0.39, 0.29) is 6.42 Å². The second kappa shape index (κ2) is 4.99. The topological polar surface area (TPSA) is 17.1 Å². The molecule has 0 N–H and O–H groups in total. The Morgan fingerprint density at radius 2 is 1.81 bits per heavy atom. The van der Waals surface area contributed by atoms with Gasteiger partial charge in [-0.3, -0.25) is 4.79 Å². The van der Waals surface area contributed by atoms with Crippen molar-refractivity contribution in [3.8, 4) is 0 Å². The predicted octanol–water partition coefficient (Wildman–Crippen LogP) is 3.43. The largest absolute Gasteiger partial charge is 0.451 e. The first-order chi connectivity index (χ1) is 7.30. The number of hydrogen-bond donors (Lipinski definition) is 0. The van der Waals surface area contributed by atoms with Gasteiger partial charge in [0.25, 0.3) is 0 Å². The minimum atomic E-state index is -4.78. The molecule has 0 bridgehead atoms. The third-order valence-electron chi connectivity index (χ3n) is 2.10. The van der Waals surface area contributed by atoms with Crippen molar-refractivity contribution < 1.29 is 18.0 Å². The molecule has 0 aliphatic heterocycles. The highest BCUT2D eigenvalue weighted by atomic mass is 79.9. The molecule has 16 heavy (non-hydrogen) atoms. The summed E-state index contributed by atoms with van der Waals surface area (Å²) in [6.45, 7) is 1.89. The minimum Gasteiger partial charge on any atom is -0.288 e. The lowest BCUT2D eigenvalue weighted by molar-refractivity contribution is -0.170. The first-order valence-electron chi connectivity index (χ1n) is 4.61. The predicted molar refractivity (Wildman–Crippen MR) is 58.7 cm³/mol. The van der Waals surface area contributed by atoms with Crippen molar-refractivity contribution in [2.24, 2.45) is 0 Å². The summed E-state index contributed by atoms with van der Waals surface area (Å²) in [5.41, 5.74) is 1.72. The molecule has 0 heterocycles. The minimum absolute atomic E-state index is 0.0403. The maximum absolute atomic E-state index is 12.1. The summed E-state index contributed by atoms with van der Waals surface area (Å²) in [6, 6.07) is 7.03. The lowest BCUT2D eigenvalue weighted by atomic mass is 10.1. The number of benzene rings is 1. The first kappa shape index (κ1) is 13.2. The number of Topliss-reactive ketones (excluding diaryl/α,β-unsaturated/α-hetero) is 1. The summed E-state index contributed by atoms with van der Waals surface area (Å²) < 4.78 is 36.3. The maximum atomic E-state index is 12.1. The monoisotopic (exact) mass is 294 g/mol. The van der Waals surface area contributed by atoms with Crippen molar-refractivity contribution in [2.45, 2.75) is 24.3 Å². The van der Waals surface area contributed by atoms with E-state index in [1.165, 1.54) is 0 Å². The molecule has 1 aromatic rings. The molecule has 1 nitrogen and oxygen atoms in total. The van der Waals surface area contributed by atoms with E-state index in [4.69, 9.17) is 0 Å². The molecule has 0 aromatic heterocycles. The van der Waals surface area contributed by atoms with Gasteiger partial charge in [-0.25, -0.2) is 0 Å². The van der Waals surface area contributed by atoms with Crippen molar-refractivity contribution >= 4 is 21.7 Å². The molecule has 0 aliphatic rings. The second-order valence-electron chi connectivity index (χ2n) is 3.52. The van der Waals surface area contributed by atoms with Gasteiger partial charge in [-0.05, 0) is 18.9 Å². The summed E-state index contributed by atoms with van der Waals surface area (Å²) in [7, 11) is 0. The Morgan fingerprint density at radius 1 is 1.31 bits per heavy atom. The fourth-order valence-corrected chi connectivity index (χ4v) is 1.83. The number of alkyl halides is 4. The third kappa shape index (κ3) is 3.63. The van der Waals surface area contributed by atoms with Gasteiger partial charge >= 0.3 is 6.18 Å². The molecular formula is C11H10BrF3O. The molecule has 1 unspecified atom stereocenters. The molecule has 0 saturated carbocycles. The van der Waals surface area contributed by atoms with Gasteiger partial charge in [-0.2, -0.15) is 13.2 Å². The number of carbonyl (C=O) groups excluding carboxylic acids is 1. The summed E-state index contributed by atoms with van der Waals surface area (Å²) in [6.07, 6.45) is -4.74. The van der Waals surface area contributed by atoms with Crippen molar-refractivity contribution in [1.82, 2.24) is 0 Å². The van der Waals surface area contributed by atoms with Crippen LogP contribution < -0.4 is 0 Å². The van der Waals surface area contributed by atoms with E-state index in [9.17, 15) is 18.0 Å². The Kier molecular flexibility index (Phi) is 4.13. The Bertz CT molecular complexity index is 370. The first-order valence-corrected chi connectivity index (χ1v) is 5.53. The lowest BCUT2D eigenvalue weighted by Gasteiger charge is -2.11. The molecule has 0 radical (unpaired) electrons. The average Bonchev–Trinajstić information content (AvgIpc) is 2.19. The molecule has 0 spiro atoms. The Hall–Kier alpha value is -0.840. The number of carbonyl (C=O) groups is 1. The van der Waals surface area contributed by atoms with Gasteiger partial charge < -0.3 is 0 Å². The Balaban J connectivity index is 2.68. The van der Waals surface area contributed by atoms with E-state index in [1.807, 2.05) is 6.92 Å². The summed E-state index contributed by atoms with van der Waals surface area (Å²) in [5.74, 6) is -1.74. The quantitative estimate of drug-likeness (QED) is 0.781. The maximum Gasteiger partial charge on any atom is 0.451 e. The molecule has 5 heteroatoms. The van der Waals surface area contributed by atoms with E-state index < -0.39 is 16.8 Å². The summed E-state index contributed by atoms with van der Waals surface area (Å²) >= 11 is 2.76. The van der Waals surface area contributed by atoms with Crippen LogP contribution in [-0.4, -0.2) is 16.8 Å². The standard InChI is InChI=1S/C11H10BrF3O/c1-7-2-4-8(5-3-7)6-9(12)10(16)11(13,14)15/h2-5,9H,6H2,1H3. The Labute approximate surface area is 99.8 Å². The van der Waals surface area contributed by atoms with Crippen LogP contribution in [0.2, 0.25) is 0 Å². The molecule has 1 aromatic carbocycles. The molecule has 0 fully saturated rings. The second-order valence-corrected chi connectivity index (χ2v) is 4.62. The fraction of sp³-hybridized carbons (Fsp3) is 0.364. The van der Waals surface area contributed by atoms with E-state index in [0.29, 0.717) is 5.56 Å². The molecular weight excluding hydrogens is 285 g/mol. The summed E-state index contributed by atoms with van der Waals surface area (Å²) in [5, 5.41) is 0. The molecule has 1 rings (SSSR count). The Morgan fingerprint density at radius 3 is 2.25 bits per heavy atom. The van der Waals surface area contributed by atoms with Gasteiger partial charge in [0.15, 0.2) is 0 Å². The number of hydrogen-bond acceptors (Lipinski definition) is 1. The fourth-order valence-electron chi connectivity index (χ4n) is 1.20. The van der Waals surface area contributed by atoms with Crippen LogP contribution in [0, 0.1) is 6.92 Å². The van der Waals surface area contributed by atoms with Crippen molar-refractivity contribution in [3.05, 3.63) is 35.4 Å². The van der Waals surface area contributed by atoms with Gasteiger partial charge in [0, 0.05) is 0 Å². The molecule has 88 valence electrons. The van der Waals surface area contributed by atoms with Crippen LogP contribution in [-0.2, 0) is 11.2 Å². The normalized spacial score (nSPS) is 13.6. The molecule has 0 saturated heterocycles. The van der Waals surface area contributed by atoms with Crippen LogP contribution in [0.1, 0.15) is 11.1 Å². The van der Waals surface area contributed by atoms with Crippen molar-refractivity contribution in [3.63, 3.8) is 0 Å². The zero-order chi connectivity index (χ0) is 12.3. The number of ketones is 1. The van der Waals surface area contributed by atoms with Crippen LogP contribution in [0.3, 0.4) is 0 Å². The van der Waals surface area contributed by atoms with Crippen molar-refractivity contribution in [2.75, 3.05) is 0 Å². The van der Waals surface area contributed by atoms with E-state index >= 15 is 0 Å². The molecule has 0 amide bonds. The number of aryl methyl sites for hydroxylation is 1. The van der Waals surface area contributed by atoms with Gasteiger partial charge in [0.1, 0.15) is 0 Å². The van der Waals surface area contributed by atoms with Crippen LogP contribution in [0.25, 0.3) is 0 Å². The van der Waals surface area contributed by atoms with Crippen LogP contribution in [0.4, 0.5) is 13.2 Å². The smallest absolute Gasteiger partial charge is 0.288 e. The van der Waals surface area contributed by atoms with Gasteiger partial charge in [-0.1, -0.05) is 45.8 Å². The zero-order valence-electron chi connectivity index (χ0n) is 8.51. The number of halogens is 4. The van der Waals surface area contributed by atoms with Gasteiger partial charge in [-0.15, -0.1) is 0 Å². The van der Waals surface area contributed by atoms with E-state index in [1.54, 1.807) is 24.3 Å². The molecule has 1 atom stereocenters. The SMILES string of the molecule is Cc1ccc(CC(Br)C(=O)C(F)(F)F)cc1. The van der Waals surface area contributed by atoms with E-state index in [0.717, 1.165) is 5.56 Å². The van der Waals surface area contributed by atoms with Crippen LogP contribution in [0.5, 0.6) is 0 Å². The molecule has 0 aliphatic carbocycles.